The molecule has 0 spiro atoms. The summed E-state index contributed by atoms with van der Waals surface area (Å²) < 4.78 is 13.1. The molecule has 2 aliphatic rings. The van der Waals surface area contributed by atoms with Crippen LogP contribution in [-0.2, 0) is 10.2 Å². The molecule has 1 aliphatic heterocycles. The van der Waals surface area contributed by atoms with Gasteiger partial charge in [-0.15, -0.1) is 12.4 Å². The molecule has 6 heteroatoms. The predicted molar refractivity (Wildman–Crippen MR) is 83.6 cm³/mol. The Morgan fingerprint density at radius 1 is 1.48 bits per heavy atom. The number of amides is 1. The van der Waals surface area contributed by atoms with Crippen LogP contribution in [0.1, 0.15) is 31.2 Å². The van der Waals surface area contributed by atoms with Gasteiger partial charge in [-0.05, 0) is 49.9 Å². The number of carbonyl (C=O) groups excluding carboxylic acids is 1. The molecule has 1 heterocycles. The highest BCUT2D eigenvalue weighted by Gasteiger charge is 2.46. The second-order valence-corrected chi connectivity index (χ2v) is 6.18. The molecule has 0 bridgehead atoms. The van der Waals surface area contributed by atoms with E-state index in [0.717, 1.165) is 37.8 Å². The smallest absolute Gasteiger partial charge is 0.237 e. The molecular formula is C15H19Cl2FN2O. The average Bonchev–Trinajstić information content (AvgIpc) is 2.99. The van der Waals surface area contributed by atoms with Crippen molar-refractivity contribution in [3.05, 3.63) is 34.6 Å². The Labute approximate surface area is 135 Å². The van der Waals surface area contributed by atoms with Gasteiger partial charge in [-0.1, -0.05) is 17.7 Å². The lowest BCUT2D eigenvalue weighted by molar-refractivity contribution is -0.122. The van der Waals surface area contributed by atoms with Crippen LogP contribution in [0.2, 0.25) is 5.02 Å². The van der Waals surface area contributed by atoms with Gasteiger partial charge in [0.15, 0.2) is 0 Å². The topological polar surface area (TPSA) is 41.1 Å². The molecule has 1 saturated heterocycles. The second kappa shape index (κ2) is 6.51. The first kappa shape index (κ1) is 16.5. The SMILES string of the molecule is Cl.O=C(NCC1(c2ccc(F)cc2Cl)CC1)C1CCCN1. The molecule has 2 fully saturated rings. The molecule has 21 heavy (non-hydrogen) atoms. The highest BCUT2D eigenvalue weighted by molar-refractivity contribution is 6.31. The number of halogens is 3. The first-order chi connectivity index (χ1) is 9.61. The van der Waals surface area contributed by atoms with Gasteiger partial charge in [0.05, 0.1) is 6.04 Å². The van der Waals surface area contributed by atoms with Crippen LogP contribution < -0.4 is 10.6 Å². The van der Waals surface area contributed by atoms with Crippen molar-refractivity contribution < 1.29 is 9.18 Å². The van der Waals surface area contributed by atoms with Crippen molar-refractivity contribution in [2.24, 2.45) is 0 Å². The van der Waals surface area contributed by atoms with Gasteiger partial charge in [0.2, 0.25) is 5.91 Å². The Morgan fingerprint density at radius 2 is 2.24 bits per heavy atom. The summed E-state index contributed by atoms with van der Waals surface area (Å²) in [5, 5.41) is 6.65. The molecule has 1 amide bonds. The van der Waals surface area contributed by atoms with Crippen molar-refractivity contribution in [2.45, 2.75) is 37.1 Å². The van der Waals surface area contributed by atoms with Crippen molar-refractivity contribution in [1.29, 1.82) is 0 Å². The van der Waals surface area contributed by atoms with Gasteiger partial charge in [-0.25, -0.2) is 4.39 Å². The zero-order valence-corrected chi connectivity index (χ0v) is 13.2. The van der Waals surface area contributed by atoms with Crippen LogP contribution in [0.4, 0.5) is 4.39 Å². The van der Waals surface area contributed by atoms with E-state index in [2.05, 4.69) is 10.6 Å². The monoisotopic (exact) mass is 332 g/mol. The quantitative estimate of drug-likeness (QED) is 0.890. The molecule has 3 rings (SSSR count). The fourth-order valence-electron chi connectivity index (χ4n) is 2.90. The number of nitrogens with one attached hydrogen (secondary N) is 2. The zero-order valence-electron chi connectivity index (χ0n) is 11.6. The van der Waals surface area contributed by atoms with E-state index < -0.39 is 0 Å². The summed E-state index contributed by atoms with van der Waals surface area (Å²) in [6.45, 7) is 1.49. The number of carbonyl (C=O) groups is 1. The van der Waals surface area contributed by atoms with E-state index in [1.54, 1.807) is 6.07 Å². The van der Waals surface area contributed by atoms with E-state index in [4.69, 9.17) is 11.6 Å². The Bertz CT molecular complexity index is 528. The minimum absolute atomic E-state index is 0. The fourth-order valence-corrected chi connectivity index (χ4v) is 3.27. The Hall–Kier alpha value is -0.840. The van der Waals surface area contributed by atoms with Crippen LogP contribution in [0, 0.1) is 5.82 Å². The number of rotatable bonds is 4. The minimum atomic E-state index is -0.325. The molecule has 1 aromatic carbocycles. The molecular weight excluding hydrogens is 314 g/mol. The Morgan fingerprint density at radius 3 is 2.81 bits per heavy atom. The molecule has 116 valence electrons. The lowest BCUT2D eigenvalue weighted by Gasteiger charge is -2.19. The summed E-state index contributed by atoms with van der Waals surface area (Å²) in [5.74, 6) is -0.263. The van der Waals surface area contributed by atoms with Gasteiger partial charge in [0.25, 0.3) is 0 Å². The largest absolute Gasteiger partial charge is 0.354 e. The lowest BCUT2D eigenvalue weighted by Crippen LogP contribution is -2.43. The zero-order chi connectivity index (χ0) is 14.2. The van der Waals surface area contributed by atoms with Crippen LogP contribution in [0.3, 0.4) is 0 Å². The normalized spacial score (nSPS) is 22.5. The maximum absolute atomic E-state index is 13.1. The van der Waals surface area contributed by atoms with E-state index >= 15 is 0 Å². The summed E-state index contributed by atoms with van der Waals surface area (Å²) in [4.78, 5) is 12.0. The first-order valence-corrected chi connectivity index (χ1v) is 7.45. The van der Waals surface area contributed by atoms with Crippen molar-refractivity contribution in [3.63, 3.8) is 0 Å². The van der Waals surface area contributed by atoms with Crippen molar-refractivity contribution in [3.8, 4) is 0 Å². The first-order valence-electron chi connectivity index (χ1n) is 7.07. The lowest BCUT2D eigenvalue weighted by atomic mass is 9.95. The van der Waals surface area contributed by atoms with Crippen molar-refractivity contribution in [1.82, 2.24) is 10.6 Å². The van der Waals surface area contributed by atoms with Crippen LogP contribution >= 0.6 is 24.0 Å². The summed E-state index contributed by atoms with van der Waals surface area (Å²) in [5.41, 5.74) is 0.847. The highest BCUT2D eigenvalue weighted by atomic mass is 35.5. The summed E-state index contributed by atoms with van der Waals surface area (Å²) in [7, 11) is 0. The van der Waals surface area contributed by atoms with Crippen LogP contribution in [0.15, 0.2) is 18.2 Å². The van der Waals surface area contributed by atoms with E-state index in [1.165, 1.54) is 12.1 Å². The summed E-state index contributed by atoms with van der Waals surface area (Å²) in [6, 6.07) is 4.46. The maximum atomic E-state index is 13.1. The number of benzene rings is 1. The van der Waals surface area contributed by atoms with Gasteiger partial charge >= 0.3 is 0 Å². The molecule has 1 unspecified atom stereocenters. The fraction of sp³-hybridized carbons (Fsp3) is 0.533. The molecule has 3 nitrogen and oxygen atoms in total. The maximum Gasteiger partial charge on any atom is 0.237 e. The van der Waals surface area contributed by atoms with Gasteiger partial charge in [-0.2, -0.15) is 0 Å². The van der Waals surface area contributed by atoms with Gasteiger partial charge in [0, 0.05) is 17.0 Å². The predicted octanol–water partition coefficient (Wildman–Crippen LogP) is 2.80. The van der Waals surface area contributed by atoms with Gasteiger partial charge < -0.3 is 10.6 Å². The minimum Gasteiger partial charge on any atom is -0.354 e. The van der Waals surface area contributed by atoms with Crippen molar-refractivity contribution in [2.75, 3.05) is 13.1 Å². The van der Waals surface area contributed by atoms with Crippen molar-refractivity contribution >= 4 is 29.9 Å². The summed E-state index contributed by atoms with van der Waals surface area (Å²) >= 11 is 6.13. The molecule has 1 saturated carbocycles. The third kappa shape index (κ3) is 3.50. The van der Waals surface area contributed by atoms with Gasteiger partial charge in [-0.3, -0.25) is 4.79 Å². The number of hydrogen-bond donors (Lipinski definition) is 2. The molecule has 0 aromatic heterocycles. The van der Waals surface area contributed by atoms with E-state index in [1.807, 2.05) is 0 Å². The molecule has 1 aromatic rings. The van der Waals surface area contributed by atoms with E-state index in [0.29, 0.717) is 11.6 Å². The molecule has 2 N–H and O–H groups in total. The van der Waals surface area contributed by atoms with E-state index in [9.17, 15) is 9.18 Å². The third-order valence-corrected chi connectivity index (χ3v) is 4.65. The van der Waals surface area contributed by atoms with E-state index in [-0.39, 0.29) is 35.6 Å². The third-order valence-electron chi connectivity index (χ3n) is 4.33. The average molecular weight is 333 g/mol. The highest BCUT2D eigenvalue weighted by Crippen LogP contribution is 2.50. The Kier molecular flexibility index (Phi) is 5.12. The Balaban J connectivity index is 0.00000161. The van der Waals surface area contributed by atoms with Gasteiger partial charge in [0.1, 0.15) is 5.82 Å². The van der Waals surface area contributed by atoms with Crippen LogP contribution in [-0.4, -0.2) is 25.0 Å². The molecule has 1 aliphatic carbocycles. The number of hydrogen-bond acceptors (Lipinski definition) is 2. The standard InChI is InChI=1S/C15H18ClFN2O.ClH/c16-12-8-10(17)3-4-11(12)15(5-6-15)9-19-14(20)13-2-1-7-18-13;/h3-4,8,13,18H,1-2,5-7,9H2,(H,19,20);1H. The van der Waals surface area contributed by atoms with Crippen LogP contribution in [0.25, 0.3) is 0 Å². The molecule has 0 radical (unpaired) electrons. The molecule has 1 atom stereocenters. The summed E-state index contributed by atoms with van der Waals surface area (Å²) in [6.07, 6.45) is 3.91. The second-order valence-electron chi connectivity index (χ2n) is 5.77. The van der Waals surface area contributed by atoms with Crippen LogP contribution in [0.5, 0.6) is 0 Å².